The summed E-state index contributed by atoms with van der Waals surface area (Å²) in [7, 11) is 1.69. The highest BCUT2D eigenvalue weighted by Crippen LogP contribution is 2.38. The van der Waals surface area contributed by atoms with E-state index in [2.05, 4.69) is 31.3 Å². The summed E-state index contributed by atoms with van der Waals surface area (Å²) in [6, 6.07) is 8.12. The Hall–Kier alpha value is -1.22. The summed E-state index contributed by atoms with van der Waals surface area (Å²) in [6.07, 6.45) is 3.66. The molecule has 1 aromatic carbocycles. The number of hydrogen-bond donors (Lipinski definition) is 2. The minimum Gasteiger partial charge on any atom is -0.497 e. The molecule has 1 aliphatic carbocycles. The van der Waals surface area contributed by atoms with E-state index in [4.69, 9.17) is 10.5 Å². The zero-order chi connectivity index (χ0) is 13.9. The molecular weight excluding hydrogens is 236 g/mol. The van der Waals surface area contributed by atoms with E-state index in [-0.39, 0.29) is 5.54 Å². The maximum atomic E-state index is 6.09. The zero-order valence-electron chi connectivity index (χ0n) is 12.3. The highest BCUT2D eigenvalue weighted by molar-refractivity contribution is 5.49. The first-order chi connectivity index (χ1) is 9.09. The van der Waals surface area contributed by atoms with E-state index in [0.717, 1.165) is 23.8 Å². The quantitative estimate of drug-likeness (QED) is 0.875. The topological polar surface area (TPSA) is 47.3 Å². The van der Waals surface area contributed by atoms with Crippen LogP contribution in [0.25, 0.3) is 0 Å². The Morgan fingerprint density at radius 3 is 2.53 bits per heavy atom. The van der Waals surface area contributed by atoms with Crippen LogP contribution in [0.5, 0.6) is 5.75 Å². The summed E-state index contributed by atoms with van der Waals surface area (Å²) >= 11 is 0. The van der Waals surface area contributed by atoms with Gasteiger partial charge in [0.05, 0.1) is 12.6 Å². The number of nitrogens with two attached hydrogens (primary N) is 1. The van der Waals surface area contributed by atoms with Crippen LogP contribution in [-0.4, -0.2) is 19.2 Å². The second-order valence-electron chi connectivity index (χ2n) is 5.99. The smallest absolute Gasteiger partial charge is 0.119 e. The SMILES string of the molecule is COc1ccc(NC2(CN)CCC(C)CC2C)cc1. The third-order valence-electron chi connectivity index (χ3n) is 4.63. The van der Waals surface area contributed by atoms with Crippen molar-refractivity contribution < 1.29 is 4.74 Å². The lowest BCUT2D eigenvalue weighted by Gasteiger charge is -2.45. The number of anilines is 1. The Labute approximate surface area is 116 Å². The fourth-order valence-electron chi connectivity index (χ4n) is 3.20. The van der Waals surface area contributed by atoms with Gasteiger partial charge in [-0.05, 0) is 55.4 Å². The minimum atomic E-state index is 0.0428. The molecule has 0 bridgehead atoms. The van der Waals surface area contributed by atoms with Gasteiger partial charge >= 0.3 is 0 Å². The molecule has 0 amide bonds. The highest BCUT2D eigenvalue weighted by atomic mass is 16.5. The Kier molecular flexibility index (Phi) is 4.35. The lowest BCUT2D eigenvalue weighted by atomic mass is 9.70. The van der Waals surface area contributed by atoms with E-state index in [0.29, 0.717) is 12.5 Å². The molecule has 3 nitrogen and oxygen atoms in total. The third kappa shape index (κ3) is 3.03. The van der Waals surface area contributed by atoms with Crippen molar-refractivity contribution in [2.24, 2.45) is 17.6 Å². The summed E-state index contributed by atoms with van der Waals surface area (Å²) in [5.74, 6) is 2.30. The van der Waals surface area contributed by atoms with Gasteiger partial charge in [-0.3, -0.25) is 0 Å². The Balaban J connectivity index is 2.13. The highest BCUT2D eigenvalue weighted by Gasteiger charge is 2.38. The van der Waals surface area contributed by atoms with Gasteiger partial charge in [0.25, 0.3) is 0 Å². The number of nitrogens with one attached hydrogen (secondary N) is 1. The second kappa shape index (κ2) is 5.83. The van der Waals surface area contributed by atoms with Crippen LogP contribution >= 0.6 is 0 Å². The largest absolute Gasteiger partial charge is 0.497 e. The fourth-order valence-corrected chi connectivity index (χ4v) is 3.20. The Morgan fingerprint density at radius 1 is 1.32 bits per heavy atom. The number of hydrogen-bond acceptors (Lipinski definition) is 3. The van der Waals surface area contributed by atoms with Crippen molar-refractivity contribution in [3.63, 3.8) is 0 Å². The van der Waals surface area contributed by atoms with Crippen LogP contribution < -0.4 is 15.8 Å². The molecule has 1 aromatic rings. The number of methoxy groups -OCH3 is 1. The average molecular weight is 262 g/mol. The van der Waals surface area contributed by atoms with Gasteiger partial charge in [0.1, 0.15) is 5.75 Å². The minimum absolute atomic E-state index is 0.0428. The average Bonchev–Trinajstić information content (AvgIpc) is 2.43. The van der Waals surface area contributed by atoms with Crippen LogP contribution in [-0.2, 0) is 0 Å². The van der Waals surface area contributed by atoms with Gasteiger partial charge in [0.15, 0.2) is 0 Å². The van der Waals surface area contributed by atoms with Crippen molar-refractivity contribution in [1.29, 1.82) is 0 Å². The van der Waals surface area contributed by atoms with Gasteiger partial charge in [-0.1, -0.05) is 13.8 Å². The fraction of sp³-hybridized carbons (Fsp3) is 0.625. The third-order valence-corrected chi connectivity index (χ3v) is 4.63. The molecule has 3 unspecified atom stereocenters. The van der Waals surface area contributed by atoms with Gasteiger partial charge in [0, 0.05) is 12.2 Å². The van der Waals surface area contributed by atoms with Crippen molar-refractivity contribution in [2.45, 2.75) is 38.6 Å². The number of rotatable bonds is 4. The molecule has 0 saturated heterocycles. The molecule has 0 radical (unpaired) electrons. The molecule has 0 aliphatic heterocycles. The first kappa shape index (κ1) is 14.2. The molecule has 0 spiro atoms. The number of benzene rings is 1. The molecule has 2 rings (SSSR count). The van der Waals surface area contributed by atoms with Crippen molar-refractivity contribution in [3.05, 3.63) is 24.3 Å². The van der Waals surface area contributed by atoms with Crippen LogP contribution in [0.4, 0.5) is 5.69 Å². The molecule has 1 fully saturated rings. The van der Waals surface area contributed by atoms with Crippen LogP contribution in [0.3, 0.4) is 0 Å². The molecule has 19 heavy (non-hydrogen) atoms. The van der Waals surface area contributed by atoms with E-state index in [1.807, 2.05) is 12.1 Å². The molecule has 0 heterocycles. The van der Waals surface area contributed by atoms with Gasteiger partial charge in [0.2, 0.25) is 0 Å². The van der Waals surface area contributed by atoms with Crippen LogP contribution in [0, 0.1) is 11.8 Å². The van der Waals surface area contributed by atoms with E-state index in [9.17, 15) is 0 Å². The number of ether oxygens (including phenoxy) is 1. The van der Waals surface area contributed by atoms with E-state index in [1.54, 1.807) is 7.11 Å². The van der Waals surface area contributed by atoms with Crippen molar-refractivity contribution in [3.8, 4) is 5.75 Å². The molecule has 1 aliphatic rings. The second-order valence-corrected chi connectivity index (χ2v) is 5.99. The Bertz CT molecular complexity index is 404. The summed E-state index contributed by atoms with van der Waals surface area (Å²) in [5.41, 5.74) is 7.27. The molecule has 3 heteroatoms. The standard InChI is InChI=1S/C16H26N2O/c1-12-8-9-16(11-17,13(2)10-12)18-14-4-6-15(19-3)7-5-14/h4-7,12-13,18H,8-11,17H2,1-3H3. The van der Waals surface area contributed by atoms with Gasteiger partial charge in [-0.2, -0.15) is 0 Å². The first-order valence-electron chi connectivity index (χ1n) is 7.22. The maximum Gasteiger partial charge on any atom is 0.119 e. The molecule has 1 saturated carbocycles. The van der Waals surface area contributed by atoms with E-state index in [1.165, 1.54) is 12.8 Å². The van der Waals surface area contributed by atoms with Gasteiger partial charge in [-0.15, -0.1) is 0 Å². The van der Waals surface area contributed by atoms with Gasteiger partial charge in [-0.25, -0.2) is 0 Å². The summed E-state index contributed by atoms with van der Waals surface area (Å²) in [5, 5.41) is 3.69. The van der Waals surface area contributed by atoms with Crippen LogP contribution in [0.15, 0.2) is 24.3 Å². The van der Waals surface area contributed by atoms with E-state index < -0.39 is 0 Å². The molecule has 106 valence electrons. The normalized spacial score (nSPS) is 30.9. The van der Waals surface area contributed by atoms with E-state index >= 15 is 0 Å². The van der Waals surface area contributed by atoms with Crippen molar-refractivity contribution in [2.75, 3.05) is 19.0 Å². The van der Waals surface area contributed by atoms with Crippen LogP contribution in [0.1, 0.15) is 33.1 Å². The molecule has 3 atom stereocenters. The molecule has 0 aromatic heterocycles. The maximum absolute atomic E-state index is 6.09. The Morgan fingerprint density at radius 2 is 2.00 bits per heavy atom. The van der Waals surface area contributed by atoms with Crippen molar-refractivity contribution in [1.82, 2.24) is 0 Å². The zero-order valence-corrected chi connectivity index (χ0v) is 12.3. The van der Waals surface area contributed by atoms with Crippen molar-refractivity contribution >= 4 is 5.69 Å². The molecule has 3 N–H and O–H groups in total. The summed E-state index contributed by atoms with van der Waals surface area (Å²) in [4.78, 5) is 0. The summed E-state index contributed by atoms with van der Waals surface area (Å²) in [6.45, 7) is 5.34. The predicted octanol–water partition coefficient (Wildman–Crippen LogP) is 3.26. The lowest BCUT2D eigenvalue weighted by Crippen LogP contribution is -2.53. The summed E-state index contributed by atoms with van der Waals surface area (Å²) < 4.78 is 5.19. The first-order valence-corrected chi connectivity index (χ1v) is 7.22. The van der Waals surface area contributed by atoms with Gasteiger partial charge < -0.3 is 15.8 Å². The monoisotopic (exact) mass is 262 g/mol. The molecular formula is C16H26N2O. The predicted molar refractivity (Wildman–Crippen MR) is 80.6 cm³/mol. The lowest BCUT2D eigenvalue weighted by molar-refractivity contribution is 0.189. The van der Waals surface area contributed by atoms with Crippen LogP contribution in [0.2, 0.25) is 0 Å².